The van der Waals surface area contributed by atoms with Crippen LogP contribution < -0.4 is 10.1 Å². The van der Waals surface area contributed by atoms with Gasteiger partial charge in [-0.1, -0.05) is 29.8 Å². The van der Waals surface area contributed by atoms with Gasteiger partial charge in [0.05, 0.1) is 13.2 Å². The number of methoxy groups -OCH3 is 1. The normalized spacial score (nSPS) is 16.3. The number of carbonyl (C=O) groups excluding carboxylic acids is 1. The van der Waals surface area contributed by atoms with Crippen LogP contribution in [-0.2, 0) is 17.6 Å². The van der Waals surface area contributed by atoms with Crippen molar-refractivity contribution in [2.45, 2.75) is 38.1 Å². The minimum absolute atomic E-state index is 0.0959. The lowest BCUT2D eigenvalue weighted by Crippen LogP contribution is -2.31. The molecule has 3 nitrogen and oxygen atoms in total. The Bertz CT molecular complexity index is 712. The molecule has 0 saturated heterocycles. The lowest BCUT2D eigenvalue weighted by Gasteiger charge is -2.27. The van der Waals surface area contributed by atoms with Crippen LogP contribution >= 0.6 is 11.6 Å². The van der Waals surface area contributed by atoms with Crippen LogP contribution in [0.2, 0.25) is 5.02 Å². The first-order valence-corrected chi connectivity index (χ1v) is 8.74. The summed E-state index contributed by atoms with van der Waals surface area (Å²) in [5, 5.41) is 3.91. The highest BCUT2D eigenvalue weighted by Crippen LogP contribution is 2.32. The first-order chi connectivity index (χ1) is 11.7. The molecule has 0 aromatic heterocycles. The molecule has 0 spiro atoms. The number of carbonyl (C=O) groups is 1. The number of hydrogen-bond donors (Lipinski definition) is 1. The lowest BCUT2D eigenvalue weighted by atomic mass is 9.87. The van der Waals surface area contributed by atoms with Crippen LogP contribution in [0.5, 0.6) is 5.75 Å². The summed E-state index contributed by atoms with van der Waals surface area (Å²) in [6, 6.07) is 13.9. The van der Waals surface area contributed by atoms with Gasteiger partial charge in [-0.2, -0.15) is 0 Å². The van der Waals surface area contributed by atoms with Crippen LogP contribution in [0.15, 0.2) is 42.5 Å². The molecule has 3 rings (SSSR count). The van der Waals surface area contributed by atoms with E-state index >= 15 is 0 Å². The number of halogens is 1. The second kappa shape index (κ2) is 7.71. The maximum Gasteiger partial charge on any atom is 0.220 e. The van der Waals surface area contributed by atoms with Crippen molar-refractivity contribution in [3.8, 4) is 5.75 Å². The Balaban J connectivity index is 1.60. The van der Waals surface area contributed by atoms with Gasteiger partial charge in [-0.3, -0.25) is 4.79 Å². The molecule has 0 heterocycles. The van der Waals surface area contributed by atoms with E-state index in [1.54, 1.807) is 7.11 Å². The molecule has 0 radical (unpaired) electrons. The van der Waals surface area contributed by atoms with E-state index in [1.807, 2.05) is 30.3 Å². The number of benzene rings is 2. The van der Waals surface area contributed by atoms with Crippen molar-refractivity contribution in [1.82, 2.24) is 5.32 Å². The van der Waals surface area contributed by atoms with Crippen LogP contribution in [0, 0.1) is 0 Å². The van der Waals surface area contributed by atoms with Crippen LogP contribution in [-0.4, -0.2) is 13.0 Å². The van der Waals surface area contributed by atoms with Crippen LogP contribution in [0.3, 0.4) is 0 Å². The Labute approximate surface area is 148 Å². The van der Waals surface area contributed by atoms with E-state index in [4.69, 9.17) is 16.3 Å². The van der Waals surface area contributed by atoms with Crippen molar-refractivity contribution >= 4 is 17.5 Å². The van der Waals surface area contributed by atoms with Crippen molar-refractivity contribution in [2.75, 3.05) is 7.11 Å². The van der Waals surface area contributed by atoms with Gasteiger partial charge in [0, 0.05) is 11.4 Å². The summed E-state index contributed by atoms with van der Waals surface area (Å²) in [7, 11) is 1.68. The first-order valence-electron chi connectivity index (χ1n) is 8.36. The molecule has 0 bridgehead atoms. The van der Waals surface area contributed by atoms with Gasteiger partial charge in [0.25, 0.3) is 0 Å². The predicted molar refractivity (Wildman–Crippen MR) is 96.6 cm³/mol. The van der Waals surface area contributed by atoms with Gasteiger partial charge in [0.15, 0.2) is 0 Å². The molecular weight excluding hydrogens is 322 g/mol. The molecule has 0 aliphatic heterocycles. The van der Waals surface area contributed by atoms with Crippen molar-refractivity contribution in [3.63, 3.8) is 0 Å². The largest absolute Gasteiger partial charge is 0.497 e. The Hall–Kier alpha value is -2.00. The maximum atomic E-state index is 12.3. The molecule has 1 N–H and O–H groups in total. The molecule has 0 fully saturated rings. The number of amides is 1. The topological polar surface area (TPSA) is 38.3 Å². The van der Waals surface area contributed by atoms with Crippen molar-refractivity contribution in [3.05, 3.63) is 64.2 Å². The van der Waals surface area contributed by atoms with E-state index < -0.39 is 0 Å². The lowest BCUT2D eigenvalue weighted by molar-refractivity contribution is -0.121. The zero-order valence-electron chi connectivity index (χ0n) is 13.8. The Kier molecular flexibility index (Phi) is 5.41. The fourth-order valence-corrected chi connectivity index (χ4v) is 3.37. The molecule has 2 aromatic rings. The van der Waals surface area contributed by atoms with Gasteiger partial charge in [-0.25, -0.2) is 0 Å². The number of aryl methyl sites for hydroxylation is 2. The summed E-state index contributed by atoms with van der Waals surface area (Å²) < 4.78 is 5.30. The Morgan fingerprint density at radius 2 is 2.04 bits per heavy atom. The van der Waals surface area contributed by atoms with Gasteiger partial charge >= 0.3 is 0 Å². The van der Waals surface area contributed by atoms with Gasteiger partial charge in [-0.15, -0.1) is 0 Å². The number of rotatable bonds is 5. The average Bonchev–Trinajstić information content (AvgIpc) is 2.61. The Morgan fingerprint density at radius 1 is 1.25 bits per heavy atom. The molecule has 2 aromatic carbocycles. The van der Waals surface area contributed by atoms with Crippen molar-refractivity contribution in [1.29, 1.82) is 0 Å². The molecule has 0 saturated carbocycles. The molecular formula is C20H22ClNO2. The van der Waals surface area contributed by atoms with Crippen molar-refractivity contribution < 1.29 is 9.53 Å². The van der Waals surface area contributed by atoms with Crippen LogP contribution in [0.4, 0.5) is 0 Å². The fraction of sp³-hybridized carbons (Fsp3) is 0.350. The predicted octanol–water partition coefficient (Wildman–Crippen LogP) is 4.48. The summed E-state index contributed by atoms with van der Waals surface area (Å²) in [6.45, 7) is 0. The molecule has 24 heavy (non-hydrogen) atoms. The second-order valence-electron chi connectivity index (χ2n) is 6.20. The standard InChI is InChI=1S/C20H22ClNO2/c1-24-17-10-11-18-15(13-17)3-2-4-19(18)22-20(23)12-7-14-5-8-16(21)9-6-14/h5-6,8-11,13,19H,2-4,7,12H2,1H3,(H,22,23)/t19-/m1/s1. The van der Waals surface area contributed by atoms with Gasteiger partial charge in [0.1, 0.15) is 5.75 Å². The quantitative estimate of drug-likeness (QED) is 0.869. The first kappa shape index (κ1) is 16.8. The average molecular weight is 344 g/mol. The summed E-state index contributed by atoms with van der Waals surface area (Å²) in [5.74, 6) is 0.974. The van der Waals surface area contributed by atoms with Gasteiger partial charge < -0.3 is 10.1 Å². The second-order valence-corrected chi connectivity index (χ2v) is 6.64. The third-order valence-corrected chi connectivity index (χ3v) is 4.81. The number of hydrogen-bond acceptors (Lipinski definition) is 2. The Morgan fingerprint density at radius 3 is 2.79 bits per heavy atom. The van der Waals surface area contributed by atoms with E-state index in [2.05, 4.69) is 17.4 Å². The SMILES string of the molecule is COc1ccc2c(c1)CCC[C@H]2NC(=O)CCc1ccc(Cl)cc1. The zero-order valence-corrected chi connectivity index (χ0v) is 14.6. The summed E-state index contributed by atoms with van der Waals surface area (Å²) in [6.07, 6.45) is 4.34. The third kappa shape index (κ3) is 4.09. The summed E-state index contributed by atoms with van der Waals surface area (Å²) in [4.78, 5) is 12.3. The number of fused-ring (bicyclic) bond motifs is 1. The van der Waals surface area contributed by atoms with E-state index in [9.17, 15) is 4.79 Å². The zero-order chi connectivity index (χ0) is 16.9. The van der Waals surface area contributed by atoms with E-state index in [0.29, 0.717) is 6.42 Å². The number of ether oxygens (including phenoxy) is 1. The van der Waals surface area contributed by atoms with Crippen LogP contribution in [0.25, 0.3) is 0 Å². The van der Waals surface area contributed by atoms with Crippen LogP contribution in [0.1, 0.15) is 42.0 Å². The van der Waals surface area contributed by atoms with Crippen molar-refractivity contribution in [2.24, 2.45) is 0 Å². The number of nitrogens with one attached hydrogen (secondary N) is 1. The molecule has 4 heteroatoms. The highest BCUT2D eigenvalue weighted by Gasteiger charge is 2.22. The fourth-order valence-electron chi connectivity index (χ4n) is 3.24. The molecule has 1 atom stereocenters. The smallest absolute Gasteiger partial charge is 0.220 e. The summed E-state index contributed by atoms with van der Waals surface area (Å²) in [5.41, 5.74) is 3.63. The summed E-state index contributed by atoms with van der Waals surface area (Å²) >= 11 is 5.88. The van der Waals surface area contributed by atoms with E-state index in [-0.39, 0.29) is 11.9 Å². The van der Waals surface area contributed by atoms with E-state index in [0.717, 1.165) is 42.0 Å². The maximum absolute atomic E-state index is 12.3. The molecule has 0 unspecified atom stereocenters. The molecule has 1 aliphatic carbocycles. The highest BCUT2D eigenvalue weighted by atomic mass is 35.5. The monoisotopic (exact) mass is 343 g/mol. The molecule has 126 valence electrons. The van der Waals surface area contributed by atoms with Gasteiger partial charge in [0.2, 0.25) is 5.91 Å². The van der Waals surface area contributed by atoms with E-state index in [1.165, 1.54) is 11.1 Å². The minimum Gasteiger partial charge on any atom is -0.497 e. The highest BCUT2D eigenvalue weighted by molar-refractivity contribution is 6.30. The molecule has 1 amide bonds. The third-order valence-electron chi connectivity index (χ3n) is 4.55. The molecule has 1 aliphatic rings. The van der Waals surface area contributed by atoms with Gasteiger partial charge in [-0.05, 0) is 66.6 Å². The minimum atomic E-state index is 0.0959.